The summed E-state index contributed by atoms with van der Waals surface area (Å²) in [5.41, 5.74) is 6.12. The van der Waals surface area contributed by atoms with Gasteiger partial charge in [-0.3, -0.25) is 0 Å². The first kappa shape index (κ1) is 15.0. The van der Waals surface area contributed by atoms with Crippen LogP contribution in [0.4, 0.5) is 0 Å². The Morgan fingerprint density at radius 1 is 1.17 bits per heavy atom. The molecule has 0 unspecified atom stereocenters. The highest BCUT2D eigenvalue weighted by Gasteiger charge is 2.18. The van der Waals surface area contributed by atoms with Crippen molar-refractivity contribution in [1.29, 1.82) is 5.26 Å². The fourth-order valence-electron chi connectivity index (χ4n) is 2.55. The molecule has 0 amide bonds. The van der Waals surface area contributed by atoms with Crippen molar-refractivity contribution in [2.24, 2.45) is 0 Å². The van der Waals surface area contributed by atoms with Gasteiger partial charge in [-0.05, 0) is 44.9 Å². The lowest BCUT2D eigenvalue weighted by molar-refractivity contribution is 0.391. The van der Waals surface area contributed by atoms with Crippen LogP contribution in [0.25, 0.3) is 11.3 Å². The van der Waals surface area contributed by atoms with Crippen molar-refractivity contribution in [3.05, 3.63) is 52.0 Å². The maximum absolute atomic E-state index is 9.36. The minimum atomic E-state index is 0.319. The Morgan fingerprint density at radius 3 is 2.57 bits per heavy atom. The predicted octanol–water partition coefficient (Wildman–Crippen LogP) is 3.09. The molecular formula is C17H17N5O. The summed E-state index contributed by atoms with van der Waals surface area (Å²) < 4.78 is 6.94. The Bertz CT molecular complexity index is 894. The molecule has 0 fully saturated rings. The minimum Gasteiger partial charge on any atom is -0.361 e. The SMILES string of the molecule is Cc1ccc(-c2c(C#N)nnn2Cc2c(C)noc2C)cc1C. The van der Waals surface area contributed by atoms with E-state index in [0.29, 0.717) is 12.2 Å². The van der Waals surface area contributed by atoms with Crippen molar-refractivity contribution >= 4 is 0 Å². The molecule has 23 heavy (non-hydrogen) atoms. The van der Waals surface area contributed by atoms with Gasteiger partial charge in [0.1, 0.15) is 17.5 Å². The van der Waals surface area contributed by atoms with Crippen LogP contribution in [-0.4, -0.2) is 20.2 Å². The molecular weight excluding hydrogens is 290 g/mol. The summed E-state index contributed by atoms with van der Waals surface area (Å²) in [4.78, 5) is 0. The van der Waals surface area contributed by atoms with Crippen LogP contribution in [0.15, 0.2) is 22.7 Å². The molecule has 0 aliphatic carbocycles. The molecule has 6 heteroatoms. The molecule has 2 heterocycles. The lowest BCUT2D eigenvalue weighted by Gasteiger charge is -2.08. The van der Waals surface area contributed by atoms with Gasteiger partial charge < -0.3 is 4.52 Å². The zero-order chi connectivity index (χ0) is 16.6. The maximum atomic E-state index is 9.36. The number of aromatic nitrogens is 4. The highest BCUT2D eigenvalue weighted by molar-refractivity contribution is 5.66. The standard InChI is InChI=1S/C17H17N5O/c1-10-5-6-14(7-11(10)2)17-16(8-18)19-21-22(17)9-15-12(3)20-23-13(15)4/h5-7H,9H2,1-4H3. The molecule has 0 radical (unpaired) electrons. The number of hydrogen-bond acceptors (Lipinski definition) is 5. The number of nitriles is 1. The van der Waals surface area contributed by atoms with Crippen molar-refractivity contribution in [2.75, 3.05) is 0 Å². The van der Waals surface area contributed by atoms with E-state index in [9.17, 15) is 5.26 Å². The van der Waals surface area contributed by atoms with Crippen LogP contribution in [0.1, 0.15) is 33.8 Å². The van der Waals surface area contributed by atoms with Crippen LogP contribution >= 0.6 is 0 Å². The molecule has 0 aliphatic rings. The van der Waals surface area contributed by atoms with E-state index in [1.807, 2.05) is 32.9 Å². The Hall–Kier alpha value is -2.94. The zero-order valence-electron chi connectivity index (χ0n) is 13.6. The first-order valence-corrected chi connectivity index (χ1v) is 7.34. The number of rotatable bonds is 3. The molecule has 3 aromatic rings. The van der Waals surface area contributed by atoms with Crippen LogP contribution in [0.5, 0.6) is 0 Å². The van der Waals surface area contributed by atoms with Gasteiger partial charge in [-0.2, -0.15) is 5.26 Å². The fourth-order valence-corrected chi connectivity index (χ4v) is 2.55. The first-order valence-electron chi connectivity index (χ1n) is 7.34. The van der Waals surface area contributed by atoms with Crippen LogP contribution in [0.2, 0.25) is 0 Å². The Balaban J connectivity index is 2.11. The highest BCUT2D eigenvalue weighted by atomic mass is 16.5. The topological polar surface area (TPSA) is 80.5 Å². The second-order valence-corrected chi connectivity index (χ2v) is 5.66. The Labute approximate surface area is 134 Å². The van der Waals surface area contributed by atoms with Gasteiger partial charge >= 0.3 is 0 Å². The molecule has 0 saturated carbocycles. The normalized spacial score (nSPS) is 10.7. The minimum absolute atomic E-state index is 0.319. The van der Waals surface area contributed by atoms with Gasteiger partial charge in [-0.1, -0.05) is 22.5 Å². The molecule has 0 aliphatic heterocycles. The molecule has 0 N–H and O–H groups in total. The van der Waals surface area contributed by atoms with Crippen molar-refractivity contribution in [1.82, 2.24) is 20.2 Å². The van der Waals surface area contributed by atoms with Gasteiger partial charge in [0, 0.05) is 11.1 Å². The molecule has 1 aromatic carbocycles. The quantitative estimate of drug-likeness (QED) is 0.742. The fraction of sp³-hybridized carbons (Fsp3) is 0.294. The second-order valence-electron chi connectivity index (χ2n) is 5.66. The van der Waals surface area contributed by atoms with E-state index in [1.54, 1.807) is 4.68 Å². The molecule has 3 rings (SSSR count). The van der Waals surface area contributed by atoms with E-state index in [4.69, 9.17) is 4.52 Å². The average molecular weight is 307 g/mol. The number of hydrogen-bond donors (Lipinski definition) is 0. The van der Waals surface area contributed by atoms with Gasteiger partial charge in [0.2, 0.25) is 0 Å². The average Bonchev–Trinajstić information content (AvgIpc) is 3.08. The molecule has 0 bridgehead atoms. The van der Waals surface area contributed by atoms with Crippen molar-refractivity contribution < 1.29 is 4.52 Å². The third kappa shape index (κ3) is 2.61. The van der Waals surface area contributed by atoms with Crippen LogP contribution < -0.4 is 0 Å². The van der Waals surface area contributed by atoms with E-state index >= 15 is 0 Å². The van der Waals surface area contributed by atoms with E-state index in [-0.39, 0.29) is 0 Å². The molecule has 116 valence electrons. The van der Waals surface area contributed by atoms with E-state index < -0.39 is 0 Å². The lowest BCUT2D eigenvalue weighted by atomic mass is 10.0. The summed E-state index contributed by atoms with van der Waals surface area (Å²) in [6.07, 6.45) is 0. The molecule has 2 aromatic heterocycles. The van der Waals surface area contributed by atoms with E-state index in [0.717, 1.165) is 33.8 Å². The zero-order valence-corrected chi connectivity index (χ0v) is 13.6. The number of nitrogens with zero attached hydrogens (tertiary/aromatic N) is 5. The van der Waals surface area contributed by atoms with Crippen molar-refractivity contribution in [2.45, 2.75) is 34.2 Å². The Morgan fingerprint density at radius 2 is 1.96 bits per heavy atom. The van der Waals surface area contributed by atoms with Crippen molar-refractivity contribution in [3.8, 4) is 17.3 Å². The van der Waals surface area contributed by atoms with E-state index in [2.05, 4.69) is 34.5 Å². The van der Waals surface area contributed by atoms with Gasteiger partial charge in [0.15, 0.2) is 5.69 Å². The number of benzene rings is 1. The third-order valence-electron chi connectivity index (χ3n) is 4.11. The van der Waals surface area contributed by atoms with Crippen molar-refractivity contribution in [3.63, 3.8) is 0 Å². The smallest absolute Gasteiger partial charge is 0.190 e. The molecule has 6 nitrogen and oxygen atoms in total. The predicted molar refractivity (Wildman–Crippen MR) is 84.7 cm³/mol. The van der Waals surface area contributed by atoms with Gasteiger partial charge in [-0.25, -0.2) is 4.68 Å². The first-order chi connectivity index (χ1) is 11.0. The van der Waals surface area contributed by atoms with Gasteiger partial charge in [-0.15, -0.1) is 5.10 Å². The van der Waals surface area contributed by atoms with Gasteiger partial charge in [0.05, 0.1) is 12.2 Å². The highest BCUT2D eigenvalue weighted by Crippen LogP contribution is 2.26. The third-order valence-corrected chi connectivity index (χ3v) is 4.11. The lowest BCUT2D eigenvalue weighted by Crippen LogP contribution is -2.06. The summed E-state index contributed by atoms with van der Waals surface area (Å²) in [7, 11) is 0. The van der Waals surface area contributed by atoms with Crippen LogP contribution in [0.3, 0.4) is 0 Å². The van der Waals surface area contributed by atoms with Crippen LogP contribution in [0, 0.1) is 39.0 Å². The maximum Gasteiger partial charge on any atom is 0.190 e. The summed E-state index contributed by atoms with van der Waals surface area (Å²) in [6, 6.07) is 8.21. The number of aryl methyl sites for hydroxylation is 4. The monoisotopic (exact) mass is 307 g/mol. The molecule has 0 saturated heterocycles. The summed E-state index contributed by atoms with van der Waals surface area (Å²) in [6.45, 7) is 8.34. The molecule has 0 atom stereocenters. The van der Waals surface area contributed by atoms with Gasteiger partial charge in [0.25, 0.3) is 0 Å². The largest absolute Gasteiger partial charge is 0.361 e. The van der Waals surface area contributed by atoms with Crippen LogP contribution in [-0.2, 0) is 6.54 Å². The molecule has 0 spiro atoms. The van der Waals surface area contributed by atoms with E-state index in [1.165, 1.54) is 5.56 Å². The summed E-state index contributed by atoms with van der Waals surface area (Å²) in [5.74, 6) is 0.752. The summed E-state index contributed by atoms with van der Waals surface area (Å²) in [5, 5.41) is 21.5. The summed E-state index contributed by atoms with van der Waals surface area (Å²) >= 11 is 0. The second kappa shape index (κ2) is 5.69. The Kier molecular flexibility index (Phi) is 3.70.